The number of carbonyl (C=O) groups excluding carboxylic acids is 2. The smallest absolute Gasteiger partial charge is 0.306 e. The number of halogens is 1. The summed E-state index contributed by atoms with van der Waals surface area (Å²) >= 11 is 1.29. The first-order valence-corrected chi connectivity index (χ1v) is 7.96. The van der Waals surface area contributed by atoms with Crippen molar-refractivity contribution in [1.29, 1.82) is 0 Å². The van der Waals surface area contributed by atoms with Crippen molar-refractivity contribution >= 4 is 29.4 Å². The van der Waals surface area contributed by atoms with Crippen LogP contribution < -0.4 is 4.90 Å². The highest BCUT2D eigenvalue weighted by atomic mass is 32.2. The number of benzene rings is 2. The minimum Gasteiger partial charge on any atom is -0.306 e. The van der Waals surface area contributed by atoms with Crippen molar-refractivity contribution in [3.05, 3.63) is 59.9 Å². The van der Waals surface area contributed by atoms with Gasteiger partial charge >= 0.3 is 6.03 Å². The summed E-state index contributed by atoms with van der Waals surface area (Å²) in [6, 6.07) is 12.9. The molecule has 1 saturated heterocycles. The van der Waals surface area contributed by atoms with Gasteiger partial charge in [-0.1, -0.05) is 42.1 Å². The van der Waals surface area contributed by atoms with Gasteiger partial charge in [0.2, 0.25) is 0 Å². The normalized spacial score (nSPS) is 18.0. The van der Waals surface area contributed by atoms with Crippen molar-refractivity contribution in [3.63, 3.8) is 0 Å². The lowest BCUT2D eigenvalue weighted by atomic mass is 10.2. The Morgan fingerprint density at radius 2 is 1.70 bits per heavy atom. The standard InChI is InChI=1S/C17H15FN2O2S/c1-11-7-3-6-10-14(11)23-16-15(21)20(17(22)19(16)2)13-9-5-4-8-12(13)18/h3-10,16H,1-2H3. The topological polar surface area (TPSA) is 40.6 Å². The molecule has 23 heavy (non-hydrogen) atoms. The van der Waals surface area contributed by atoms with E-state index in [1.54, 1.807) is 13.1 Å². The van der Waals surface area contributed by atoms with E-state index in [1.165, 1.54) is 34.9 Å². The van der Waals surface area contributed by atoms with Crippen molar-refractivity contribution in [3.8, 4) is 0 Å². The van der Waals surface area contributed by atoms with Crippen LogP contribution in [0.2, 0.25) is 0 Å². The lowest BCUT2D eigenvalue weighted by molar-refractivity contribution is -0.117. The Labute approximate surface area is 137 Å². The van der Waals surface area contributed by atoms with E-state index in [-0.39, 0.29) is 5.69 Å². The zero-order chi connectivity index (χ0) is 16.6. The van der Waals surface area contributed by atoms with Gasteiger partial charge in [0.15, 0.2) is 5.37 Å². The number of amides is 3. The SMILES string of the molecule is Cc1ccccc1SC1C(=O)N(c2ccccc2F)C(=O)N1C. The number of likely N-dealkylation sites (N-methyl/N-ethyl adjacent to an activating group) is 1. The molecule has 1 unspecified atom stereocenters. The van der Waals surface area contributed by atoms with Gasteiger partial charge in [-0.2, -0.15) is 0 Å². The second-order valence-corrected chi connectivity index (χ2v) is 6.38. The molecule has 0 aromatic heterocycles. The van der Waals surface area contributed by atoms with Crippen LogP contribution in [0.15, 0.2) is 53.4 Å². The monoisotopic (exact) mass is 330 g/mol. The average Bonchev–Trinajstić information content (AvgIpc) is 2.74. The minimum absolute atomic E-state index is 0.0118. The summed E-state index contributed by atoms with van der Waals surface area (Å²) in [6.45, 7) is 1.94. The van der Waals surface area contributed by atoms with Gasteiger partial charge < -0.3 is 4.90 Å². The van der Waals surface area contributed by atoms with Crippen molar-refractivity contribution in [2.75, 3.05) is 11.9 Å². The number of anilines is 1. The molecule has 0 radical (unpaired) electrons. The molecule has 0 N–H and O–H groups in total. The number of urea groups is 1. The predicted octanol–water partition coefficient (Wildman–Crippen LogP) is 3.65. The van der Waals surface area contributed by atoms with Gasteiger partial charge in [0, 0.05) is 11.9 Å². The summed E-state index contributed by atoms with van der Waals surface area (Å²) in [4.78, 5) is 28.2. The molecule has 2 aromatic rings. The van der Waals surface area contributed by atoms with E-state index >= 15 is 0 Å². The lowest BCUT2D eigenvalue weighted by Crippen LogP contribution is -2.32. The van der Waals surface area contributed by atoms with Crippen LogP contribution in [0.4, 0.5) is 14.9 Å². The first-order valence-electron chi connectivity index (χ1n) is 7.08. The van der Waals surface area contributed by atoms with E-state index in [2.05, 4.69) is 0 Å². The largest absolute Gasteiger partial charge is 0.332 e. The third kappa shape index (κ3) is 2.70. The predicted molar refractivity (Wildman–Crippen MR) is 87.9 cm³/mol. The van der Waals surface area contributed by atoms with Crippen LogP contribution in [0.25, 0.3) is 0 Å². The molecular formula is C17H15FN2O2S. The average molecular weight is 330 g/mol. The Kier molecular flexibility index (Phi) is 4.09. The number of imide groups is 1. The zero-order valence-electron chi connectivity index (χ0n) is 12.7. The molecule has 0 aliphatic carbocycles. The summed E-state index contributed by atoms with van der Waals surface area (Å²) in [5.74, 6) is -1.03. The number of para-hydroxylation sites is 1. The van der Waals surface area contributed by atoms with E-state index in [0.717, 1.165) is 15.4 Å². The molecule has 3 rings (SSSR count). The number of carbonyl (C=O) groups is 2. The summed E-state index contributed by atoms with van der Waals surface area (Å²) in [6.07, 6.45) is 0. The van der Waals surface area contributed by atoms with Crippen LogP contribution in [0.5, 0.6) is 0 Å². The van der Waals surface area contributed by atoms with Crippen LogP contribution in [0, 0.1) is 12.7 Å². The Morgan fingerprint density at radius 1 is 1.04 bits per heavy atom. The molecule has 0 bridgehead atoms. The third-order valence-electron chi connectivity index (χ3n) is 3.70. The lowest BCUT2D eigenvalue weighted by Gasteiger charge is -2.16. The Bertz CT molecular complexity index is 781. The van der Waals surface area contributed by atoms with E-state index in [0.29, 0.717) is 0 Å². The molecule has 3 amide bonds. The molecule has 1 fully saturated rings. The maximum absolute atomic E-state index is 14.0. The second kappa shape index (κ2) is 6.04. The molecule has 6 heteroatoms. The Balaban J connectivity index is 1.93. The first kappa shape index (κ1) is 15.6. The number of rotatable bonds is 3. The van der Waals surface area contributed by atoms with Crippen LogP contribution >= 0.6 is 11.8 Å². The van der Waals surface area contributed by atoms with Crippen molar-refractivity contribution in [2.24, 2.45) is 0 Å². The molecule has 1 heterocycles. The fourth-order valence-corrected chi connectivity index (χ4v) is 3.53. The maximum atomic E-state index is 14.0. The van der Waals surface area contributed by atoms with Crippen LogP contribution in [-0.4, -0.2) is 29.3 Å². The number of hydrogen-bond donors (Lipinski definition) is 0. The molecule has 118 valence electrons. The van der Waals surface area contributed by atoms with Crippen molar-refractivity contribution in [1.82, 2.24) is 4.90 Å². The fourth-order valence-electron chi connectivity index (χ4n) is 2.42. The van der Waals surface area contributed by atoms with Crippen LogP contribution in [0.3, 0.4) is 0 Å². The highest BCUT2D eigenvalue weighted by molar-refractivity contribution is 8.00. The molecular weight excluding hydrogens is 315 g/mol. The quantitative estimate of drug-likeness (QED) is 0.807. The molecule has 0 spiro atoms. The molecule has 4 nitrogen and oxygen atoms in total. The van der Waals surface area contributed by atoms with Crippen LogP contribution in [-0.2, 0) is 4.79 Å². The highest BCUT2D eigenvalue weighted by Gasteiger charge is 2.45. The van der Waals surface area contributed by atoms with Crippen molar-refractivity contribution in [2.45, 2.75) is 17.2 Å². The third-order valence-corrected chi connectivity index (χ3v) is 5.16. The van der Waals surface area contributed by atoms with E-state index in [1.807, 2.05) is 31.2 Å². The Hall–Kier alpha value is -2.34. The summed E-state index contributed by atoms with van der Waals surface area (Å²) < 4.78 is 14.0. The second-order valence-electron chi connectivity index (χ2n) is 5.25. The molecule has 1 aliphatic heterocycles. The molecule has 1 aliphatic rings. The van der Waals surface area contributed by atoms with Gasteiger partial charge in [0.05, 0.1) is 5.69 Å². The van der Waals surface area contributed by atoms with Crippen molar-refractivity contribution < 1.29 is 14.0 Å². The summed E-state index contributed by atoms with van der Waals surface area (Å²) in [5.41, 5.74) is 1.01. The summed E-state index contributed by atoms with van der Waals surface area (Å²) in [7, 11) is 1.55. The first-order chi connectivity index (χ1) is 11.0. The number of nitrogens with zero attached hydrogens (tertiary/aromatic N) is 2. The highest BCUT2D eigenvalue weighted by Crippen LogP contribution is 2.35. The molecule has 1 atom stereocenters. The van der Waals surface area contributed by atoms with E-state index in [9.17, 15) is 14.0 Å². The van der Waals surface area contributed by atoms with Gasteiger partial charge in [-0.05, 0) is 30.7 Å². The fraction of sp³-hybridized carbons (Fsp3) is 0.176. The minimum atomic E-state index is -0.705. The zero-order valence-corrected chi connectivity index (χ0v) is 13.5. The van der Waals surface area contributed by atoms with Gasteiger partial charge in [0.1, 0.15) is 5.82 Å². The number of aryl methyl sites for hydroxylation is 1. The van der Waals surface area contributed by atoms with Crippen LogP contribution in [0.1, 0.15) is 5.56 Å². The number of thioether (sulfide) groups is 1. The van der Waals surface area contributed by atoms with Gasteiger partial charge in [-0.25, -0.2) is 14.1 Å². The summed E-state index contributed by atoms with van der Waals surface area (Å²) in [5, 5.41) is -0.705. The number of hydrogen-bond acceptors (Lipinski definition) is 3. The van der Waals surface area contributed by atoms with Gasteiger partial charge in [-0.3, -0.25) is 4.79 Å². The van der Waals surface area contributed by atoms with Gasteiger partial charge in [0.25, 0.3) is 5.91 Å². The molecule has 0 saturated carbocycles. The van der Waals surface area contributed by atoms with E-state index < -0.39 is 23.1 Å². The maximum Gasteiger partial charge on any atom is 0.332 e. The molecule has 2 aromatic carbocycles. The Morgan fingerprint density at radius 3 is 2.39 bits per heavy atom. The van der Waals surface area contributed by atoms with Gasteiger partial charge in [-0.15, -0.1) is 0 Å². The van der Waals surface area contributed by atoms with E-state index in [4.69, 9.17) is 0 Å².